The Balaban J connectivity index is 1.58. The Labute approximate surface area is 124 Å². The van der Waals surface area contributed by atoms with Crippen LogP contribution in [0.2, 0.25) is 0 Å². The van der Waals surface area contributed by atoms with Crippen molar-refractivity contribution >= 4 is 17.7 Å². The van der Waals surface area contributed by atoms with Crippen LogP contribution >= 0.6 is 11.8 Å². The predicted molar refractivity (Wildman–Crippen MR) is 82.0 cm³/mol. The molecule has 1 aliphatic heterocycles. The van der Waals surface area contributed by atoms with Crippen LogP contribution in [0.5, 0.6) is 5.75 Å². The van der Waals surface area contributed by atoms with E-state index in [-0.39, 0.29) is 5.25 Å². The Kier molecular flexibility index (Phi) is 4.20. The van der Waals surface area contributed by atoms with Crippen LogP contribution in [-0.2, 0) is 10.5 Å². The maximum atomic E-state index is 12.3. The lowest BCUT2D eigenvalue weighted by Crippen LogP contribution is -2.30. The van der Waals surface area contributed by atoms with Crippen LogP contribution in [0.3, 0.4) is 0 Å². The second kappa shape index (κ2) is 6.08. The lowest BCUT2D eigenvalue weighted by Gasteiger charge is -2.15. The van der Waals surface area contributed by atoms with E-state index in [2.05, 4.69) is 11.0 Å². The van der Waals surface area contributed by atoms with Crippen molar-refractivity contribution in [3.63, 3.8) is 0 Å². The van der Waals surface area contributed by atoms with E-state index in [1.165, 1.54) is 18.4 Å². The van der Waals surface area contributed by atoms with Gasteiger partial charge in [-0.15, -0.1) is 11.8 Å². The summed E-state index contributed by atoms with van der Waals surface area (Å²) in [6.07, 6.45) is 3.41. The molecule has 0 radical (unpaired) electrons. The van der Waals surface area contributed by atoms with Crippen molar-refractivity contribution in [2.45, 2.75) is 43.2 Å². The standard InChI is InChI=1S/C16H21NO2S/c1-2-19-14-6-4-3-5-12(14)11-20-15-9-10-17(16(15)18)13-7-8-13/h3-6,13,15H,2,7-11H2,1H3. The van der Waals surface area contributed by atoms with Crippen molar-refractivity contribution in [2.75, 3.05) is 13.2 Å². The maximum absolute atomic E-state index is 12.3. The van der Waals surface area contributed by atoms with E-state index in [0.717, 1.165) is 24.5 Å². The summed E-state index contributed by atoms with van der Waals surface area (Å²) in [6.45, 7) is 3.63. The van der Waals surface area contributed by atoms with Crippen molar-refractivity contribution in [3.05, 3.63) is 29.8 Å². The molecule has 1 atom stereocenters. The first-order chi connectivity index (χ1) is 9.79. The fourth-order valence-corrected chi connectivity index (χ4v) is 3.86. The molecular weight excluding hydrogens is 270 g/mol. The van der Waals surface area contributed by atoms with Gasteiger partial charge in [-0.05, 0) is 32.3 Å². The van der Waals surface area contributed by atoms with Gasteiger partial charge in [0.15, 0.2) is 0 Å². The number of para-hydroxylation sites is 1. The van der Waals surface area contributed by atoms with Crippen molar-refractivity contribution in [2.24, 2.45) is 0 Å². The summed E-state index contributed by atoms with van der Waals surface area (Å²) in [6, 6.07) is 8.69. The Hall–Kier alpha value is -1.16. The SMILES string of the molecule is CCOc1ccccc1CSC1CCN(C2CC2)C1=O. The van der Waals surface area contributed by atoms with Crippen molar-refractivity contribution < 1.29 is 9.53 Å². The van der Waals surface area contributed by atoms with E-state index in [1.54, 1.807) is 11.8 Å². The number of hydrogen-bond acceptors (Lipinski definition) is 3. The summed E-state index contributed by atoms with van der Waals surface area (Å²) in [5.41, 5.74) is 1.19. The summed E-state index contributed by atoms with van der Waals surface area (Å²) in [4.78, 5) is 14.4. The van der Waals surface area contributed by atoms with Crippen LogP contribution in [0.4, 0.5) is 0 Å². The number of likely N-dealkylation sites (tertiary alicyclic amines) is 1. The minimum atomic E-state index is 0.144. The molecule has 2 fully saturated rings. The third-order valence-corrected chi connectivity index (χ3v) is 5.21. The van der Waals surface area contributed by atoms with Crippen LogP contribution in [0, 0.1) is 0 Å². The van der Waals surface area contributed by atoms with E-state index in [1.807, 2.05) is 25.1 Å². The summed E-state index contributed by atoms with van der Waals surface area (Å²) in [7, 11) is 0. The zero-order valence-electron chi connectivity index (χ0n) is 11.9. The molecule has 1 saturated carbocycles. The molecule has 0 aromatic heterocycles. The van der Waals surface area contributed by atoms with Gasteiger partial charge in [-0.1, -0.05) is 18.2 Å². The van der Waals surface area contributed by atoms with Gasteiger partial charge in [0.2, 0.25) is 5.91 Å². The minimum absolute atomic E-state index is 0.144. The number of benzene rings is 1. The number of carbonyl (C=O) groups excluding carboxylic acids is 1. The minimum Gasteiger partial charge on any atom is -0.494 e. The van der Waals surface area contributed by atoms with Gasteiger partial charge in [0, 0.05) is 23.9 Å². The quantitative estimate of drug-likeness (QED) is 0.806. The average Bonchev–Trinajstić information content (AvgIpc) is 3.23. The highest BCUT2D eigenvalue weighted by atomic mass is 32.2. The zero-order chi connectivity index (χ0) is 13.9. The van der Waals surface area contributed by atoms with Gasteiger partial charge in [0.25, 0.3) is 0 Å². The molecular formula is C16H21NO2S. The molecule has 108 valence electrons. The third-order valence-electron chi connectivity index (χ3n) is 3.89. The number of thioether (sulfide) groups is 1. The molecule has 4 heteroatoms. The van der Waals surface area contributed by atoms with E-state index in [0.29, 0.717) is 18.6 Å². The molecule has 3 rings (SSSR count). The highest BCUT2D eigenvalue weighted by Crippen LogP contribution is 2.36. The van der Waals surface area contributed by atoms with E-state index in [9.17, 15) is 4.79 Å². The summed E-state index contributed by atoms with van der Waals surface area (Å²) in [5, 5.41) is 0.144. The molecule has 1 unspecified atom stereocenters. The van der Waals surface area contributed by atoms with Crippen LogP contribution in [0.25, 0.3) is 0 Å². The molecule has 1 aromatic carbocycles. The second-order valence-corrected chi connectivity index (χ2v) is 6.58. The monoisotopic (exact) mass is 291 g/mol. The lowest BCUT2D eigenvalue weighted by atomic mass is 10.2. The van der Waals surface area contributed by atoms with E-state index >= 15 is 0 Å². The van der Waals surface area contributed by atoms with Crippen LogP contribution in [0.15, 0.2) is 24.3 Å². The third kappa shape index (κ3) is 2.95. The first-order valence-electron chi connectivity index (χ1n) is 7.42. The molecule has 1 aromatic rings. The summed E-state index contributed by atoms with van der Waals surface area (Å²) < 4.78 is 5.64. The highest BCUT2D eigenvalue weighted by Gasteiger charge is 2.40. The molecule has 0 N–H and O–H groups in total. The van der Waals surface area contributed by atoms with Gasteiger partial charge in [0.05, 0.1) is 11.9 Å². The Morgan fingerprint density at radius 3 is 2.85 bits per heavy atom. The normalized spacial score (nSPS) is 22.4. The fourth-order valence-electron chi connectivity index (χ4n) is 2.69. The maximum Gasteiger partial charge on any atom is 0.236 e. The average molecular weight is 291 g/mol. The first kappa shape index (κ1) is 13.8. The first-order valence-corrected chi connectivity index (χ1v) is 8.47. The van der Waals surface area contributed by atoms with Gasteiger partial charge in [-0.25, -0.2) is 0 Å². The number of carbonyl (C=O) groups is 1. The second-order valence-electron chi connectivity index (χ2n) is 5.39. The summed E-state index contributed by atoms with van der Waals surface area (Å²) in [5.74, 6) is 2.16. The molecule has 1 heterocycles. The smallest absolute Gasteiger partial charge is 0.236 e. The molecule has 0 spiro atoms. The van der Waals surface area contributed by atoms with Gasteiger partial charge < -0.3 is 9.64 Å². The Morgan fingerprint density at radius 2 is 2.10 bits per heavy atom. The zero-order valence-corrected chi connectivity index (χ0v) is 12.7. The van der Waals surface area contributed by atoms with Crippen molar-refractivity contribution in [1.82, 2.24) is 4.90 Å². The molecule has 2 aliphatic rings. The molecule has 1 amide bonds. The number of hydrogen-bond donors (Lipinski definition) is 0. The van der Waals surface area contributed by atoms with E-state index < -0.39 is 0 Å². The van der Waals surface area contributed by atoms with Gasteiger partial charge in [0.1, 0.15) is 5.75 Å². The van der Waals surface area contributed by atoms with Gasteiger partial charge >= 0.3 is 0 Å². The Bertz CT molecular complexity index is 487. The van der Waals surface area contributed by atoms with Gasteiger partial charge in [-0.3, -0.25) is 4.79 Å². The lowest BCUT2D eigenvalue weighted by molar-refractivity contribution is -0.127. The number of ether oxygens (including phenoxy) is 1. The fraction of sp³-hybridized carbons (Fsp3) is 0.562. The summed E-state index contributed by atoms with van der Waals surface area (Å²) >= 11 is 1.76. The topological polar surface area (TPSA) is 29.5 Å². The molecule has 1 aliphatic carbocycles. The van der Waals surface area contributed by atoms with Crippen LogP contribution in [-0.4, -0.2) is 35.3 Å². The van der Waals surface area contributed by atoms with Crippen molar-refractivity contribution in [1.29, 1.82) is 0 Å². The van der Waals surface area contributed by atoms with Crippen LogP contribution in [0.1, 0.15) is 31.7 Å². The number of amides is 1. The molecule has 3 nitrogen and oxygen atoms in total. The molecule has 1 saturated heterocycles. The highest BCUT2D eigenvalue weighted by molar-refractivity contribution is 7.99. The van der Waals surface area contributed by atoms with Crippen molar-refractivity contribution in [3.8, 4) is 5.75 Å². The number of nitrogens with zero attached hydrogens (tertiary/aromatic N) is 1. The predicted octanol–water partition coefficient (Wildman–Crippen LogP) is 3.08. The Morgan fingerprint density at radius 1 is 1.30 bits per heavy atom. The van der Waals surface area contributed by atoms with Gasteiger partial charge in [-0.2, -0.15) is 0 Å². The van der Waals surface area contributed by atoms with Crippen LogP contribution < -0.4 is 4.74 Å². The number of rotatable bonds is 6. The van der Waals surface area contributed by atoms with E-state index in [4.69, 9.17) is 4.74 Å². The molecule has 0 bridgehead atoms. The molecule has 20 heavy (non-hydrogen) atoms. The largest absolute Gasteiger partial charge is 0.494 e.